The Hall–Kier alpha value is -1.96. The molecule has 2 N–H and O–H groups in total. The van der Waals surface area contributed by atoms with Crippen LogP contribution in [0, 0.1) is 6.92 Å². The first-order chi connectivity index (χ1) is 9.22. The van der Waals surface area contributed by atoms with E-state index in [0.29, 0.717) is 11.8 Å². The highest BCUT2D eigenvalue weighted by molar-refractivity contribution is 5.49. The number of aryl methyl sites for hydroxylation is 2. The molecule has 1 atom stereocenters. The Labute approximate surface area is 114 Å². The van der Waals surface area contributed by atoms with E-state index in [4.69, 9.17) is 0 Å². The average molecular weight is 253 g/mol. The Morgan fingerprint density at radius 1 is 1.11 bits per heavy atom. The summed E-state index contributed by atoms with van der Waals surface area (Å²) in [6, 6.07) is 14.5. The van der Waals surface area contributed by atoms with Crippen molar-refractivity contribution in [2.45, 2.75) is 32.2 Å². The van der Waals surface area contributed by atoms with E-state index in [-0.39, 0.29) is 0 Å². The first-order valence-corrected chi connectivity index (χ1v) is 6.87. The molecule has 1 unspecified atom stereocenters. The van der Waals surface area contributed by atoms with Crippen LogP contribution in [-0.4, -0.2) is 5.11 Å². The molecule has 0 bridgehead atoms. The van der Waals surface area contributed by atoms with Crippen LogP contribution in [0.25, 0.3) is 0 Å². The van der Waals surface area contributed by atoms with Crippen LogP contribution in [0.4, 0.5) is 5.69 Å². The molecule has 0 spiro atoms. The predicted octanol–water partition coefficient (Wildman–Crippen LogP) is 4.19. The molecule has 0 aromatic heterocycles. The number of hydrogen-bond acceptors (Lipinski definition) is 2. The lowest BCUT2D eigenvalue weighted by Gasteiger charge is -2.27. The lowest BCUT2D eigenvalue weighted by atomic mass is 9.87. The van der Waals surface area contributed by atoms with Crippen molar-refractivity contribution < 1.29 is 5.11 Å². The summed E-state index contributed by atoms with van der Waals surface area (Å²) in [6.07, 6.45) is 3.42. The normalized spacial score (nSPS) is 17.8. The third-order valence-electron chi connectivity index (χ3n) is 3.84. The van der Waals surface area contributed by atoms with Gasteiger partial charge in [0.1, 0.15) is 5.75 Å². The molecule has 0 saturated heterocycles. The lowest BCUT2D eigenvalue weighted by Crippen LogP contribution is -2.17. The summed E-state index contributed by atoms with van der Waals surface area (Å²) < 4.78 is 0. The Morgan fingerprint density at radius 3 is 2.68 bits per heavy atom. The fourth-order valence-electron chi connectivity index (χ4n) is 2.79. The molecule has 0 fully saturated rings. The maximum atomic E-state index is 9.68. The SMILES string of the molecule is Cc1ccc(NC2CCCc3ccc(O)cc32)cc1. The van der Waals surface area contributed by atoms with Crippen LogP contribution in [0.2, 0.25) is 0 Å². The van der Waals surface area contributed by atoms with E-state index >= 15 is 0 Å². The Morgan fingerprint density at radius 2 is 1.89 bits per heavy atom. The quantitative estimate of drug-likeness (QED) is 0.841. The molecule has 1 aliphatic rings. The van der Waals surface area contributed by atoms with E-state index in [1.54, 1.807) is 6.07 Å². The molecular weight excluding hydrogens is 234 g/mol. The number of phenols is 1. The van der Waals surface area contributed by atoms with Gasteiger partial charge in [0, 0.05) is 5.69 Å². The van der Waals surface area contributed by atoms with Crippen LogP contribution >= 0.6 is 0 Å². The molecule has 2 aromatic carbocycles. The first-order valence-electron chi connectivity index (χ1n) is 6.87. The average Bonchev–Trinajstić information content (AvgIpc) is 2.42. The van der Waals surface area contributed by atoms with E-state index in [1.807, 2.05) is 12.1 Å². The third-order valence-corrected chi connectivity index (χ3v) is 3.84. The molecule has 19 heavy (non-hydrogen) atoms. The van der Waals surface area contributed by atoms with Crippen LogP contribution in [0.15, 0.2) is 42.5 Å². The summed E-state index contributed by atoms with van der Waals surface area (Å²) in [5.74, 6) is 0.358. The minimum atomic E-state index is 0.304. The highest BCUT2D eigenvalue weighted by Gasteiger charge is 2.20. The largest absolute Gasteiger partial charge is 0.508 e. The van der Waals surface area contributed by atoms with Gasteiger partial charge in [0.05, 0.1) is 6.04 Å². The summed E-state index contributed by atoms with van der Waals surface area (Å²) in [5.41, 5.74) is 5.01. The zero-order valence-corrected chi connectivity index (χ0v) is 11.2. The third kappa shape index (κ3) is 2.58. The molecule has 0 amide bonds. The summed E-state index contributed by atoms with van der Waals surface area (Å²) in [6.45, 7) is 2.09. The smallest absolute Gasteiger partial charge is 0.115 e. The van der Waals surface area contributed by atoms with Gasteiger partial charge in [-0.15, -0.1) is 0 Å². The van der Waals surface area contributed by atoms with Gasteiger partial charge in [0.15, 0.2) is 0 Å². The van der Waals surface area contributed by atoms with Crippen LogP contribution in [0.1, 0.15) is 35.6 Å². The number of benzene rings is 2. The number of rotatable bonds is 2. The van der Waals surface area contributed by atoms with E-state index in [9.17, 15) is 5.11 Å². The van der Waals surface area contributed by atoms with Gasteiger partial charge < -0.3 is 10.4 Å². The number of nitrogens with one attached hydrogen (secondary N) is 1. The highest BCUT2D eigenvalue weighted by atomic mass is 16.3. The van der Waals surface area contributed by atoms with Gasteiger partial charge in [-0.1, -0.05) is 23.8 Å². The molecular formula is C17H19NO. The lowest BCUT2D eigenvalue weighted by molar-refractivity contribution is 0.471. The number of anilines is 1. The van der Waals surface area contributed by atoms with Crippen molar-refractivity contribution in [2.24, 2.45) is 0 Å². The number of aromatic hydroxyl groups is 1. The number of hydrogen-bond donors (Lipinski definition) is 2. The fraction of sp³-hybridized carbons (Fsp3) is 0.294. The van der Waals surface area contributed by atoms with Crippen molar-refractivity contribution in [1.82, 2.24) is 0 Å². The van der Waals surface area contributed by atoms with Gasteiger partial charge in [-0.2, -0.15) is 0 Å². The standard InChI is InChI=1S/C17H19NO/c1-12-5-8-14(9-6-12)18-17-4-2-3-13-7-10-15(19)11-16(13)17/h5-11,17-19H,2-4H2,1H3. The van der Waals surface area contributed by atoms with Gasteiger partial charge in [-0.05, 0) is 61.6 Å². The molecule has 3 rings (SSSR count). The molecule has 0 aliphatic heterocycles. The van der Waals surface area contributed by atoms with Gasteiger partial charge in [-0.3, -0.25) is 0 Å². The monoisotopic (exact) mass is 253 g/mol. The Bertz CT molecular complexity index is 574. The van der Waals surface area contributed by atoms with Crippen LogP contribution < -0.4 is 5.32 Å². The molecule has 2 heteroatoms. The van der Waals surface area contributed by atoms with E-state index in [0.717, 1.165) is 18.5 Å². The second-order valence-electron chi connectivity index (χ2n) is 5.34. The maximum absolute atomic E-state index is 9.68. The van der Waals surface area contributed by atoms with E-state index < -0.39 is 0 Å². The minimum Gasteiger partial charge on any atom is -0.508 e. The van der Waals surface area contributed by atoms with Crippen molar-refractivity contribution in [3.05, 3.63) is 59.2 Å². The molecule has 0 saturated carbocycles. The van der Waals surface area contributed by atoms with E-state index in [1.165, 1.54) is 23.1 Å². The molecule has 0 radical (unpaired) electrons. The fourth-order valence-corrected chi connectivity index (χ4v) is 2.79. The zero-order valence-electron chi connectivity index (χ0n) is 11.2. The van der Waals surface area contributed by atoms with Crippen molar-refractivity contribution in [3.63, 3.8) is 0 Å². The van der Waals surface area contributed by atoms with Crippen LogP contribution in [-0.2, 0) is 6.42 Å². The van der Waals surface area contributed by atoms with Gasteiger partial charge in [0.25, 0.3) is 0 Å². The number of phenolic OH excluding ortho intramolecular Hbond substituents is 1. The van der Waals surface area contributed by atoms with Gasteiger partial charge in [0.2, 0.25) is 0 Å². The molecule has 98 valence electrons. The van der Waals surface area contributed by atoms with E-state index in [2.05, 4.69) is 36.5 Å². The highest BCUT2D eigenvalue weighted by Crippen LogP contribution is 2.34. The van der Waals surface area contributed by atoms with Crippen molar-refractivity contribution in [3.8, 4) is 5.75 Å². The maximum Gasteiger partial charge on any atom is 0.115 e. The predicted molar refractivity (Wildman–Crippen MR) is 78.6 cm³/mol. The van der Waals surface area contributed by atoms with Gasteiger partial charge >= 0.3 is 0 Å². The summed E-state index contributed by atoms with van der Waals surface area (Å²) in [7, 11) is 0. The Balaban J connectivity index is 1.87. The summed E-state index contributed by atoms with van der Waals surface area (Å²) in [4.78, 5) is 0. The van der Waals surface area contributed by atoms with Crippen molar-refractivity contribution in [2.75, 3.05) is 5.32 Å². The van der Waals surface area contributed by atoms with Crippen LogP contribution in [0.5, 0.6) is 5.75 Å². The van der Waals surface area contributed by atoms with Crippen molar-refractivity contribution in [1.29, 1.82) is 0 Å². The topological polar surface area (TPSA) is 32.3 Å². The molecule has 2 aromatic rings. The van der Waals surface area contributed by atoms with Crippen molar-refractivity contribution >= 4 is 5.69 Å². The van der Waals surface area contributed by atoms with Gasteiger partial charge in [-0.25, -0.2) is 0 Å². The van der Waals surface area contributed by atoms with Crippen LogP contribution in [0.3, 0.4) is 0 Å². The second kappa shape index (κ2) is 4.96. The minimum absolute atomic E-state index is 0.304. The number of fused-ring (bicyclic) bond motifs is 1. The summed E-state index contributed by atoms with van der Waals surface area (Å²) in [5, 5.41) is 13.3. The first kappa shape index (κ1) is 12.1. The second-order valence-corrected chi connectivity index (χ2v) is 5.34. The molecule has 0 heterocycles. The zero-order chi connectivity index (χ0) is 13.2. The molecule has 1 aliphatic carbocycles. The Kier molecular flexibility index (Phi) is 3.16. The summed E-state index contributed by atoms with van der Waals surface area (Å²) >= 11 is 0. The molecule has 2 nitrogen and oxygen atoms in total.